The van der Waals surface area contributed by atoms with Crippen LogP contribution in [0, 0.1) is 0 Å². The molecule has 1 aliphatic rings. The summed E-state index contributed by atoms with van der Waals surface area (Å²) in [6, 6.07) is 9.12. The fourth-order valence-corrected chi connectivity index (χ4v) is 2.16. The van der Waals surface area contributed by atoms with Gasteiger partial charge in [-0.1, -0.05) is 18.2 Å². The third-order valence-corrected chi connectivity index (χ3v) is 3.03. The van der Waals surface area contributed by atoms with Crippen LogP contribution >= 0.6 is 0 Å². The fourth-order valence-electron chi connectivity index (χ4n) is 2.16. The first-order chi connectivity index (χ1) is 7.81. The Morgan fingerprint density at radius 3 is 3.06 bits per heavy atom. The van der Waals surface area contributed by atoms with Crippen molar-refractivity contribution in [3.63, 3.8) is 0 Å². The first-order valence-corrected chi connectivity index (χ1v) is 5.86. The second kappa shape index (κ2) is 5.32. The number of nitrogens with one attached hydrogen (secondary N) is 1. The van der Waals surface area contributed by atoms with Crippen molar-refractivity contribution >= 4 is 5.69 Å². The lowest BCUT2D eigenvalue weighted by atomic mass is 10.1. The minimum Gasteiger partial charge on any atom is -0.383 e. The summed E-state index contributed by atoms with van der Waals surface area (Å²) >= 11 is 0. The molecular weight excluding hydrogens is 200 g/mol. The smallest absolute Gasteiger partial charge is 0.0637 e. The fraction of sp³-hybridized carbons (Fsp3) is 0.538. The van der Waals surface area contributed by atoms with E-state index in [4.69, 9.17) is 4.74 Å². The van der Waals surface area contributed by atoms with Gasteiger partial charge >= 0.3 is 0 Å². The molecule has 2 rings (SSSR count). The van der Waals surface area contributed by atoms with Gasteiger partial charge in [-0.05, 0) is 18.6 Å². The number of anilines is 1. The number of hydrogen-bond donors (Lipinski definition) is 1. The Morgan fingerprint density at radius 1 is 1.44 bits per heavy atom. The largest absolute Gasteiger partial charge is 0.383 e. The van der Waals surface area contributed by atoms with E-state index < -0.39 is 0 Å². The molecule has 0 saturated heterocycles. The molecule has 1 aliphatic heterocycles. The lowest BCUT2D eigenvalue weighted by Gasteiger charge is -2.26. The van der Waals surface area contributed by atoms with Crippen LogP contribution in [0.3, 0.4) is 0 Å². The number of ether oxygens (including phenoxy) is 1. The Morgan fingerprint density at radius 2 is 2.25 bits per heavy atom. The molecule has 88 valence electrons. The molecule has 3 heteroatoms. The molecule has 0 aromatic heterocycles. The van der Waals surface area contributed by atoms with E-state index in [0.717, 1.165) is 26.2 Å². The standard InChI is InChI=1S/C13H20N2O/c1-11-10-15(7-8-16-2)13-6-4-3-5-12(13)9-14-11/h3-6,11,14H,7-10H2,1-2H3. The lowest BCUT2D eigenvalue weighted by molar-refractivity contribution is 0.205. The second-order valence-corrected chi connectivity index (χ2v) is 4.35. The number of nitrogens with zero attached hydrogens (tertiary/aromatic N) is 1. The Bertz CT molecular complexity index is 340. The van der Waals surface area contributed by atoms with Crippen LogP contribution in [-0.2, 0) is 11.3 Å². The summed E-state index contributed by atoms with van der Waals surface area (Å²) in [5.74, 6) is 0. The van der Waals surface area contributed by atoms with E-state index in [1.54, 1.807) is 7.11 Å². The van der Waals surface area contributed by atoms with E-state index >= 15 is 0 Å². The molecule has 0 amide bonds. The van der Waals surface area contributed by atoms with Gasteiger partial charge in [-0.25, -0.2) is 0 Å². The first-order valence-electron chi connectivity index (χ1n) is 5.86. The van der Waals surface area contributed by atoms with E-state index in [0.29, 0.717) is 6.04 Å². The number of fused-ring (bicyclic) bond motifs is 1. The molecule has 1 N–H and O–H groups in total. The summed E-state index contributed by atoms with van der Waals surface area (Å²) in [4.78, 5) is 2.41. The highest BCUT2D eigenvalue weighted by Crippen LogP contribution is 2.22. The number of methoxy groups -OCH3 is 1. The SMILES string of the molecule is COCCN1CC(C)NCc2ccccc21. The van der Waals surface area contributed by atoms with Gasteiger partial charge in [0.15, 0.2) is 0 Å². The summed E-state index contributed by atoms with van der Waals surface area (Å²) in [5, 5.41) is 3.52. The predicted molar refractivity (Wildman–Crippen MR) is 66.8 cm³/mol. The summed E-state index contributed by atoms with van der Waals surface area (Å²) in [6.45, 7) is 5.97. The molecule has 3 nitrogen and oxygen atoms in total. The first kappa shape index (κ1) is 11.4. The van der Waals surface area contributed by atoms with Crippen LogP contribution in [0.4, 0.5) is 5.69 Å². The topological polar surface area (TPSA) is 24.5 Å². The molecule has 0 radical (unpaired) electrons. The molecule has 1 aromatic rings. The molecule has 1 aromatic carbocycles. The van der Waals surface area contributed by atoms with Crippen LogP contribution in [0.1, 0.15) is 12.5 Å². The summed E-state index contributed by atoms with van der Waals surface area (Å²) in [5.41, 5.74) is 2.72. The highest BCUT2D eigenvalue weighted by atomic mass is 16.5. The third-order valence-electron chi connectivity index (χ3n) is 3.03. The van der Waals surface area contributed by atoms with Gasteiger partial charge in [0.2, 0.25) is 0 Å². The van der Waals surface area contributed by atoms with Gasteiger partial charge in [-0.15, -0.1) is 0 Å². The van der Waals surface area contributed by atoms with Gasteiger partial charge < -0.3 is 15.0 Å². The van der Waals surface area contributed by atoms with Crippen molar-refractivity contribution in [1.82, 2.24) is 5.32 Å². The van der Waals surface area contributed by atoms with Gasteiger partial charge in [0.05, 0.1) is 6.61 Å². The number of benzene rings is 1. The maximum atomic E-state index is 5.17. The number of para-hydroxylation sites is 1. The molecule has 1 atom stereocenters. The second-order valence-electron chi connectivity index (χ2n) is 4.35. The maximum absolute atomic E-state index is 5.17. The van der Waals surface area contributed by atoms with Crippen molar-refractivity contribution in [2.75, 3.05) is 31.7 Å². The van der Waals surface area contributed by atoms with Crippen molar-refractivity contribution in [2.45, 2.75) is 19.5 Å². The normalized spacial score (nSPS) is 20.4. The van der Waals surface area contributed by atoms with Crippen LogP contribution in [0.5, 0.6) is 0 Å². The van der Waals surface area contributed by atoms with Gasteiger partial charge in [0.1, 0.15) is 0 Å². The molecule has 0 bridgehead atoms. The number of rotatable bonds is 3. The van der Waals surface area contributed by atoms with Crippen LogP contribution in [0.15, 0.2) is 24.3 Å². The summed E-state index contributed by atoms with van der Waals surface area (Å²) < 4.78 is 5.17. The van der Waals surface area contributed by atoms with Crippen molar-refractivity contribution < 1.29 is 4.74 Å². The van der Waals surface area contributed by atoms with Crippen LogP contribution in [0.2, 0.25) is 0 Å². The average Bonchev–Trinajstić information content (AvgIpc) is 2.47. The number of hydrogen-bond acceptors (Lipinski definition) is 3. The average molecular weight is 220 g/mol. The van der Waals surface area contributed by atoms with E-state index in [2.05, 4.69) is 41.4 Å². The Kier molecular flexibility index (Phi) is 3.80. The van der Waals surface area contributed by atoms with E-state index in [9.17, 15) is 0 Å². The van der Waals surface area contributed by atoms with Gasteiger partial charge in [0.25, 0.3) is 0 Å². The maximum Gasteiger partial charge on any atom is 0.0637 e. The third kappa shape index (κ3) is 2.54. The van der Waals surface area contributed by atoms with E-state index in [1.807, 2.05) is 0 Å². The Labute approximate surface area is 97.4 Å². The Hall–Kier alpha value is -1.06. The minimum absolute atomic E-state index is 0.518. The molecule has 0 saturated carbocycles. The highest BCUT2D eigenvalue weighted by molar-refractivity contribution is 5.54. The quantitative estimate of drug-likeness (QED) is 0.838. The van der Waals surface area contributed by atoms with Crippen molar-refractivity contribution in [3.05, 3.63) is 29.8 Å². The highest BCUT2D eigenvalue weighted by Gasteiger charge is 2.17. The van der Waals surface area contributed by atoms with Crippen molar-refractivity contribution in [2.24, 2.45) is 0 Å². The zero-order valence-electron chi connectivity index (χ0n) is 10.1. The van der Waals surface area contributed by atoms with Crippen LogP contribution < -0.4 is 10.2 Å². The van der Waals surface area contributed by atoms with E-state index in [-0.39, 0.29) is 0 Å². The Balaban J connectivity index is 2.20. The molecule has 0 spiro atoms. The van der Waals surface area contributed by atoms with Crippen LogP contribution in [-0.4, -0.2) is 32.8 Å². The van der Waals surface area contributed by atoms with Crippen LogP contribution in [0.25, 0.3) is 0 Å². The summed E-state index contributed by atoms with van der Waals surface area (Å²) in [7, 11) is 1.76. The molecular formula is C13H20N2O. The summed E-state index contributed by atoms with van der Waals surface area (Å²) in [6.07, 6.45) is 0. The van der Waals surface area contributed by atoms with Gasteiger partial charge in [-0.3, -0.25) is 0 Å². The lowest BCUT2D eigenvalue weighted by Crippen LogP contribution is -2.37. The van der Waals surface area contributed by atoms with Gasteiger partial charge in [0, 0.05) is 38.5 Å². The van der Waals surface area contributed by atoms with E-state index in [1.165, 1.54) is 11.3 Å². The van der Waals surface area contributed by atoms with Gasteiger partial charge in [-0.2, -0.15) is 0 Å². The molecule has 0 fully saturated rings. The minimum atomic E-state index is 0.518. The van der Waals surface area contributed by atoms with Crippen molar-refractivity contribution in [3.8, 4) is 0 Å². The predicted octanol–water partition coefficient (Wildman–Crippen LogP) is 1.63. The zero-order valence-corrected chi connectivity index (χ0v) is 10.1. The molecule has 1 heterocycles. The van der Waals surface area contributed by atoms with Crippen molar-refractivity contribution in [1.29, 1.82) is 0 Å². The molecule has 16 heavy (non-hydrogen) atoms. The molecule has 0 aliphatic carbocycles. The zero-order chi connectivity index (χ0) is 11.4. The molecule has 1 unspecified atom stereocenters. The monoisotopic (exact) mass is 220 g/mol.